The number of carbonyl (C=O) groups is 2. The fraction of sp³-hybridized carbons (Fsp3) is 0.0455. The molecule has 31 heavy (non-hydrogen) atoms. The summed E-state index contributed by atoms with van der Waals surface area (Å²) >= 11 is 13.2. The lowest BCUT2D eigenvalue weighted by Crippen LogP contribution is -2.19. The molecule has 0 aliphatic carbocycles. The zero-order chi connectivity index (χ0) is 22.1. The molecule has 0 bridgehead atoms. The number of carbonyl (C=O) groups excluding carboxylic acids is 1. The van der Waals surface area contributed by atoms with Crippen molar-refractivity contribution < 1.29 is 19.1 Å². The van der Waals surface area contributed by atoms with Gasteiger partial charge < -0.3 is 14.8 Å². The molecule has 4 rings (SSSR count). The predicted octanol–water partition coefficient (Wildman–Crippen LogP) is 6.15. The Morgan fingerprint density at radius 1 is 1.16 bits per heavy atom. The summed E-state index contributed by atoms with van der Waals surface area (Å²) in [4.78, 5) is 28.5. The third-order valence-electron chi connectivity index (χ3n) is 4.49. The van der Waals surface area contributed by atoms with Crippen molar-refractivity contribution in [1.82, 2.24) is 5.32 Å². The van der Waals surface area contributed by atoms with Crippen LogP contribution < -0.4 is 5.32 Å². The number of hydrogen-bond acceptors (Lipinski definition) is 5. The fourth-order valence-corrected chi connectivity index (χ4v) is 4.05. The molecule has 1 aromatic heterocycles. The van der Waals surface area contributed by atoms with E-state index in [1.165, 1.54) is 23.9 Å². The molecule has 6 nitrogen and oxygen atoms in total. The fourth-order valence-electron chi connectivity index (χ4n) is 2.86. The minimum atomic E-state index is -1.12. The molecule has 3 aromatic rings. The molecule has 1 fully saturated rings. The summed E-state index contributed by atoms with van der Waals surface area (Å²) in [6.07, 6.45) is 1.60. The maximum atomic E-state index is 12.3. The largest absolute Gasteiger partial charge is 0.478 e. The van der Waals surface area contributed by atoms with E-state index in [0.29, 0.717) is 37.9 Å². The Morgan fingerprint density at radius 3 is 2.74 bits per heavy atom. The van der Waals surface area contributed by atoms with E-state index >= 15 is 0 Å². The maximum Gasteiger partial charge on any atom is 0.337 e. The van der Waals surface area contributed by atoms with Crippen LogP contribution in [0.4, 0.5) is 5.69 Å². The first kappa shape index (κ1) is 21.2. The predicted molar refractivity (Wildman–Crippen MR) is 123 cm³/mol. The SMILES string of the molecule is Cc1c(Cl)cccc1N=C1NC(=O)/C(=C/c2ccc(-c3ccc(Cl)c(C(=O)O)c3)o2)S1. The highest BCUT2D eigenvalue weighted by molar-refractivity contribution is 8.18. The van der Waals surface area contributed by atoms with Gasteiger partial charge in [-0.3, -0.25) is 4.79 Å². The lowest BCUT2D eigenvalue weighted by Gasteiger charge is -2.02. The van der Waals surface area contributed by atoms with Crippen LogP contribution in [0.3, 0.4) is 0 Å². The second-order valence-electron chi connectivity index (χ2n) is 6.57. The van der Waals surface area contributed by atoms with E-state index in [4.69, 9.17) is 27.6 Å². The zero-order valence-electron chi connectivity index (χ0n) is 16.0. The molecule has 2 heterocycles. The molecule has 9 heteroatoms. The first-order chi connectivity index (χ1) is 14.8. The Hall–Kier alpha value is -3.00. The Bertz CT molecular complexity index is 1280. The standard InChI is InChI=1S/C22H14Cl2N2O4S/c1-11-15(23)3-2-4-17(11)25-22-26-20(27)19(31-22)10-13-6-8-18(30-13)12-5-7-16(24)14(9-12)21(28)29/h2-10H,1H3,(H,28,29)(H,25,26,27)/b19-10-. The number of carboxylic acids is 1. The van der Waals surface area contributed by atoms with E-state index in [9.17, 15) is 14.7 Å². The van der Waals surface area contributed by atoms with Gasteiger partial charge in [0.1, 0.15) is 11.5 Å². The van der Waals surface area contributed by atoms with Gasteiger partial charge in [0.05, 0.1) is 21.2 Å². The molecule has 2 N–H and O–H groups in total. The second kappa shape index (κ2) is 8.63. The molecule has 0 radical (unpaired) electrons. The minimum Gasteiger partial charge on any atom is -0.478 e. The first-order valence-electron chi connectivity index (χ1n) is 8.99. The summed E-state index contributed by atoms with van der Waals surface area (Å²) < 4.78 is 5.78. The molecule has 1 saturated heterocycles. The normalized spacial score (nSPS) is 16.2. The Morgan fingerprint density at radius 2 is 1.97 bits per heavy atom. The van der Waals surface area contributed by atoms with Crippen LogP contribution in [0.2, 0.25) is 10.0 Å². The number of rotatable bonds is 4. The Balaban J connectivity index is 1.58. The summed E-state index contributed by atoms with van der Waals surface area (Å²) in [5, 5.41) is 13.1. The molecule has 156 valence electrons. The summed E-state index contributed by atoms with van der Waals surface area (Å²) in [6, 6.07) is 13.4. The molecule has 0 atom stereocenters. The van der Waals surface area contributed by atoms with E-state index in [1.54, 1.807) is 36.4 Å². The second-order valence-corrected chi connectivity index (χ2v) is 8.41. The summed E-state index contributed by atoms with van der Waals surface area (Å²) in [5.74, 6) is -0.514. The van der Waals surface area contributed by atoms with E-state index in [1.807, 2.05) is 13.0 Å². The van der Waals surface area contributed by atoms with E-state index < -0.39 is 5.97 Å². The number of aromatic carboxylic acids is 1. The van der Waals surface area contributed by atoms with Gasteiger partial charge in [-0.25, -0.2) is 9.79 Å². The van der Waals surface area contributed by atoms with E-state index in [2.05, 4.69) is 10.3 Å². The van der Waals surface area contributed by atoms with Gasteiger partial charge in [-0.15, -0.1) is 0 Å². The number of carboxylic acid groups (broad SMARTS) is 1. The number of nitrogens with one attached hydrogen (secondary N) is 1. The highest BCUT2D eigenvalue weighted by Gasteiger charge is 2.24. The van der Waals surface area contributed by atoms with Gasteiger partial charge in [-0.1, -0.05) is 29.3 Å². The van der Waals surface area contributed by atoms with Gasteiger partial charge >= 0.3 is 5.97 Å². The number of hydrogen-bond donors (Lipinski definition) is 2. The number of nitrogens with zero attached hydrogens (tertiary/aromatic N) is 1. The van der Waals surface area contributed by atoms with Crippen LogP contribution in [0.1, 0.15) is 21.7 Å². The quantitative estimate of drug-likeness (QED) is 0.444. The minimum absolute atomic E-state index is 0.0154. The van der Waals surface area contributed by atoms with Crippen LogP contribution >= 0.6 is 35.0 Å². The van der Waals surface area contributed by atoms with Gasteiger partial charge in [0.2, 0.25) is 0 Å². The summed E-state index contributed by atoms with van der Waals surface area (Å²) in [5.41, 5.74) is 2.05. The van der Waals surface area contributed by atoms with Crippen molar-refractivity contribution in [3.05, 3.63) is 80.4 Å². The average Bonchev–Trinajstić information content (AvgIpc) is 3.32. The smallest absolute Gasteiger partial charge is 0.337 e. The van der Waals surface area contributed by atoms with Crippen LogP contribution in [0.15, 0.2) is 62.8 Å². The number of amides is 1. The van der Waals surface area contributed by atoms with Crippen LogP contribution in [-0.4, -0.2) is 22.2 Å². The van der Waals surface area contributed by atoms with Crippen molar-refractivity contribution in [3.63, 3.8) is 0 Å². The molecule has 1 aliphatic heterocycles. The molecule has 2 aromatic carbocycles. The van der Waals surface area contributed by atoms with Crippen LogP contribution in [-0.2, 0) is 4.79 Å². The average molecular weight is 473 g/mol. The number of furan rings is 1. The van der Waals surface area contributed by atoms with Crippen LogP contribution in [0, 0.1) is 6.92 Å². The van der Waals surface area contributed by atoms with Crippen LogP contribution in [0.5, 0.6) is 0 Å². The van der Waals surface area contributed by atoms with Gasteiger partial charge in [0, 0.05) is 16.7 Å². The van der Waals surface area contributed by atoms with Gasteiger partial charge in [-0.2, -0.15) is 0 Å². The van der Waals surface area contributed by atoms with Crippen molar-refractivity contribution in [2.45, 2.75) is 6.92 Å². The monoisotopic (exact) mass is 472 g/mol. The third kappa shape index (κ3) is 4.54. The molecular formula is C22H14Cl2N2O4S. The highest BCUT2D eigenvalue weighted by Crippen LogP contribution is 2.32. The number of amidine groups is 1. The van der Waals surface area contributed by atoms with Gasteiger partial charge in [0.15, 0.2) is 5.17 Å². The molecule has 1 aliphatic rings. The number of aliphatic imine (C=N–C) groups is 1. The van der Waals surface area contributed by atoms with Crippen molar-refractivity contribution in [3.8, 4) is 11.3 Å². The molecule has 1 amide bonds. The highest BCUT2D eigenvalue weighted by atomic mass is 35.5. The van der Waals surface area contributed by atoms with Crippen molar-refractivity contribution >= 4 is 63.8 Å². The lowest BCUT2D eigenvalue weighted by molar-refractivity contribution is -0.115. The third-order valence-corrected chi connectivity index (χ3v) is 6.14. The molecular weight excluding hydrogens is 459 g/mol. The van der Waals surface area contributed by atoms with Gasteiger partial charge in [-0.05, 0) is 66.7 Å². The van der Waals surface area contributed by atoms with E-state index in [0.717, 1.165) is 5.56 Å². The lowest BCUT2D eigenvalue weighted by atomic mass is 10.1. The summed E-state index contributed by atoms with van der Waals surface area (Å²) in [7, 11) is 0. The Labute approximate surface area is 191 Å². The summed E-state index contributed by atoms with van der Waals surface area (Å²) in [6.45, 7) is 1.86. The zero-order valence-corrected chi connectivity index (χ0v) is 18.3. The van der Waals surface area contributed by atoms with Crippen molar-refractivity contribution in [2.24, 2.45) is 4.99 Å². The Kier molecular flexibility index (Phi) is 5.91. The molecule has 0 spiro atoms. The topological polar surface area (TPSA) is 91.9 Å². The number of benzene rings is 2. The number of thioether (sulfide) groups is 1. The van der Waals surface area contributed by atoms with Crippen molar-refractivity contribution in [1.29, 1.82) is 0 Å². The molecule has 0 saturated carbocycles. The van der Waals surface area contributed by atoms with Gasteiger partial charge in [0.25, 0.3) is 5.91 Å². The van der Waals surface area contributed by atoms with Crippen molar-refractivity contribution in [2.75, 3.05) is 0 Å². The van der Waals surface area contributed by atoms with E-state index in [-0.39, 0.29) is 16.5 Å². The maximum absolute atomic E-state index is 12.3. The first-order valence-corrected chi connectivity index (χ1v) is 10.6. The van der Waals surface area contributed by atoms with Crippen LogP contribution in [0.25, 0.3) is 17.4 Å². The molecule has 0 unspecified atom stereocenters. The number of halogens is 2.